The number of hydrogen-bond donors (Lipinski definition) is 2. The molecule has 7 nitrogen and oxygen atoms in total. The maximum absolute atomic E-state index is 6.04. The summed E-state index contributed by atoms with van der Waals surface area (Å²) in [5.74, 6) is 7.91. The smallest absolute Gasteiger partial charge is 0.264 e. The van der Waals surface area contributed by atoms with Crippen molar-refractivity contribution in [3.8, 4) is 5.75 Å². The monoisotopic (exact) mass is 368 g/mol. The lowest BCUT2D eigenvalue weighted by atomic mass is 10.2. The standard InChI is InChI=1S/C18H20N6OS/c1-13-6-5-7-14(10-13)12-26-18-23-22-17(24(18)19)21-20-11-15-8-3-4-9-16(15)25-2/h3-11H,12,19H2,1-2H3,(H,21,22)/b20-11+. The van der Waals surface area contributed by atoms with Gasteiger partial charge in [-0.15, -0.1) is 10.2 Å². The van der Waals surface area contributed by atoms with E-state index in [1.807, 2.05) is 30.3 Å². The first-order valence-corrected chi connectivity index (χ1v) is 8.97. The van der Waals surface area contributed by atoms with Crippen LogP contribution < -0.4 is 16.0 Å². The normalized spacial score (nSPS) is 11.0. The minimum Gasteiger partial charge on any atom is -0.496 e. The zero-order valence-corrected chi connectivity index (χ0v) is 15.4. The molecular weight excluding hydrogens is 348 g/mol. The van der Waals surface area contributed by atoms with E-state index < -0.39 is 0 Å². The van der Waals surface area contributed by atoms with Crippen molar-refractivity contribution in [3.63, 3.8) is 0 Å². The van der Waals surface area contributed by atoms with Crippen LogP contribution in [0, 0.1) is 6.92 Å². The summed E-state index contributed by atoms with van der Waals surface area (Å²) >= 11 is 1.52. The highest BCUT2D eigenvalue weighted by Gasteiger charge is 2.09. The third-order valence-corrected chi connectivity index (χ3v) is 4.64. The number of ether oxygens (including phenoxy) is 1. The van der Waals surface area contributed by atoms with Crippen LogP contribution in [-0.2, 0) is 5.75 Å². The summed E-state index contributed by atoms with van der Waals surface area (Å²) in [6.45, 7) is 2.07. The van der Waals surface area contributed by atoms with E-state index in [9.17, 15) is 0 Å². The second-order valence-corrected chi connectivity index (χ2v) is 6.51. The highest BCUT2D eigenvalue weighted by Crippen LogP contribution is 2.22. The molecule has 0 saturated heterocycles. The predicted octanol–water partition coefficient (Wildman–Crippen LogP) is 3.05. The largest absolute Gasteiger partial charge is 0.496 e. The predicted molar refractivity (Wildman–Crippen MR) is 105 cm³/mol. The molecule has 8 heteroatoms. The van der Waals surface area contributed by atoms with Crippen LogP contribution in [0.25, 0.3) is 0 Å². The molecule has 134 valence electrons. The van der Waals surface area contributed by atoms with Crippen molar-refractivity contribution in [1.82, 2.24) is 14.9 Å². The van der Waals surface area contributed by atoms with Gasteiger partial charge in [-0.3, -0.25) is 0 Å². The van der Waals surface area contributed by atoms with Gasteiger partial charge in [0, 0.05) is 11.3 Å². The summed E-state index contributed by atoms with van der Waals surface area (Å²) in [4.78, 5) is 0. The number of nitrogens with two attached hydrogens (primary N) is 1. The van der Waals surface area contributed by atoms with Gasteiger partial charge in [0.1, 0.15) is 5.75 Å². The quantitative estimate of drug-likeness (QED) is 0.288. The summed E-state index contributed by atoms with van der Waals surface area (Å²) in [7, 11) is 1.62. The zero-order chi connectivity index (χ0) is 18.4. The molecule has 0 bridgehead atoms. The van der Waals surface area contributed by atoms with Crippen LogP contribution in [0.5, 0.6) is 5.75 Å². The minimum atomic E-state index is 0.364. The molecule has 3 N–H and O–H groups in total. The summed E-state index contributed by atoms with van der Waals surface area (Å²) in [5.41, 5.74) is 6.09. The lowest BCUT2D eigenvalue weighted by Crippen LogP contribution is -2.13. The summed E-state index contributed by atoms with van der Waals surface area (Å²) in [5, 5.41) is 12.9. The van der Waals surface area contributed by atoms with Crippen molar-refractivity contribution in [3.05, 3.63) is 65.2 Å². The van der Waals surface area contributed by atoms with E-state index in [-0.39, 0.29) is 0 Å². The van der Waals surface area contributed by atoms with Crippen LogP contribution in [0.15, 0.2) is 58.8 Å². The van der Waals surface area contributed by atoms with Crippen LogP contribution >= 0.6 is 11.8 Å². The van der Waals surface area contributed by atoms with Crippen LogP contribution in [0.2, 0.25) is 0 Å². The average molecular weight is 368 g/mol. The second-order valence-electron chi connectivity index (χ2n) is 5.57. The molecule has 1 heterocycles. The topological polar surface area (TPSA) is 90.3 Å². The molecule has 0 aliphatic carbocycles. The number of thioether (sulfide) groups is 1. The molecule has 0 fully saturated rings. The lowest BCUT2D eigenvalue weighted by Gasteiger charge is -2.04. The first kappa shape index (κ1) is 17.8. The molecule has 3 rings (SSSR count). The van der Waals surface area contributed by atoms with Gasteiger partial charge in [-0.25, -0.2) is 10.1 Å². The Bertz CT molecular complexity index is 908. The van der Waals surface area contributed by atoms with Gasteiger partial charge in [0.25, 0.3) is 5.95 Å². The fourth-order valence-electron chi connectivity index (χ4n) is 2.33. The average Bonchev–Trinajstić information content (AvgIpc) is 3.00. The Morgan fingerprint density at radius 3 is 2.88 bits per heavy atom. The molecule has 0 aliphatic rings. The van der Waals surface area contributed by atoms with E-state index in [1.165, 1.54) is 27.6 Å². The number of hydrazone groups is 1. The Morgan fingerprint density at radius 1 is 1.23 bits per heavy atom. The molecule has 0 aliphatic heterocycles. The number of rotatable bonds is 7. The summed E-state index contributed by atoms with van der Waals surface area (Å²) < 4.78 is 6.67. The van der Waals surface area contributed by atoms with Crippen LogP contribution in [-0.4, -0.2) is 28.2 Å². The van der Waals surface area contributed by atoms with Crippen molar-refractivity contribution in [2.45, 2.75) is 17.8 Å². The van der Waals surface area contributed by atoms with Gasteiger partial charge in [-0.2, -0.15) is 5.10 Å². The van der Waals surface area contributed by atoms with Gasteiger partial charge in [-0.1, -0.05) is 53.7 Å². The van der Waals surface area contributed by atoms with E-state index in [4.69, 9.17) is 10.6 Å². The molecular formula is C18H20N6OS. The first-order chi connectivity index (χ1) is 12.7. The van der Waals surface area contributed by atoms with Crippen molar-refractivity contribution in [2.75, 3.05) is 18.4 Å². The van der Waals surface area contributed by atoms with Gasteiger partial charge in [-0.05, 0) is 24.6 Å². The van der Waals surface area contributed by atoms with Gasteiger partial charge >= 0.3 is 0 Å². The molecule has 2 aromatic carbocycles. The Balaban J connectivity index is 1.62. The van der Waals surface area contributed by atoms with E-state index in [2.05, 4.69) is 45.8 Å². The van der Waals surface area contributed by atoms with Crippen LogP contribution in [0.3, 0.4) is 0 Å². The zero-order valence-electron chi connectivity index (χ0n) is 14.6. The Kier molecular flexibility index (Phi) is 5.75. The molecule has 0 atom stereocenters. The van der Waals surface area contributed by atoms with Gasteiger partial charge in [0.2, 0.25) is 5.16 Å². The van der Waals surface area contributed by atoms with E-state index in [0.717, 1.165) is 17.1 Å². The fourth-order valence-corrected chi connectivity index (χ4v) is 3.13. The number of benzene rings is 2. The first-order valence-electron chi connectivity index (χ1n) is 7.98. The number of nitrogens with one attached hydrogen (secondary N) is 1. The van der Waals surface area contributed by atoms with E-state index in [0.29, 0.717) is 11.1 Å². The van der Waals surface area contributed by atoms with Crippen molar-refractivity contribution < 1.29 is 4.74 Å². The Hall–Kier alpha value is -3.00. The van der Waals surface area contributed by atoms with Gasteiger partial charge in [0.15, 0.2) is 0 Å². The molecule has 0 radical (unpaired) electrons. The SMILES string of the molecule is COc1ccccc1/C=N/Nc1nnc(SCc2cccc(C)c2)n1N. The molecule has 3 aromatic rings. The van der Waals surface area contributed by atoms with Crippen molar-refractivity contribution >= 4 is 23.9 Å². The molecule has 0 amide bonds. The minimum absolute atomic E-state index is 0.364. The number of methoxy groups -OCH3 is 1. The van der Waals surface area contributed by atoms with Gasteiger partial charge < -0.3 is 10.6 Å². The number of para-hydroxylation sites is 1. The van der Waals surface area contributed by atoms with E-state index in [1.54, 1.807) is 13.3 Å². The van der Waals surface area contributed by atoms with Gasteiger partial charge in [0.05, 0.1) is 13.3 Å². The second kappa shape index (κ2) is 8.39. The maximum atomic E-state index is 6.04. The number of nitrogen functional groups attached to an aromatic ring is 1. The van der Waals surface area contributed by atoms with Crippen LogP contribution in [0.1, 0.15) is 16.7 Å². The lowest BCUT2D eigenvalue weighted by molar-refractivity contribution is 0.414. The summed E-state index contributed by atoms with van der Waals surface area (Å²) in [6, 6.07) is 15.9. The Morgan fingerprint density at radius 2 is 2.08 bits per heavy atom. The molecule has 26 heavy (non-hydrogen) atoms. The molecule has 0 spiro atoms. The number of anilines is 1. The fraction of sp³-hybridized carbons (Fsp3) is 0.167. The van der Waals surface area contributed by atoms with E-state index >= 15 is 0 Å². The molecule has 0 unspecified atom stereocenters. The number of aromatic nitrogens is 3. The van der Waals surface area contributed by atoms with Crippen LogP contribution in [0.4, 0.5) is 5.95 Å². The number of hydrogen-bond acceptors (Lipinski definition) is 7. The third kappa shape index (κ3) is 4.34. The van der Waals surface area contributed by atoms with Crippen molar-refractivity contribution in [1.29, 1.82) is 0 Å². The highest BCUT2D eigenvalue weighted by molar-refractivity contribution is 7.98. The number of nitrogens with zero attached hydrogens (tertiary/aromatic N) is 4. The molecule has 0 saturated carbocycles. The highest BCUT2D eigenvalue weighted by atomic mass is 32.2. The Labute approximate surface area is 156 Å². The molecule has 1 aromatic heterocycles. The maximum Gasteiger partial charge on any atom is 0.264 e. The third-order valence-electron chi connectivity index (χ3n) is 3.62. The summed E-state index contributed by atoms with van der Waals surface area (Å²) in [6.07, 6.45) is 1.65. The number of aryl methyl sites for hydroxylation is 1. The van der Waals surface area contributed by atoms with Crippen molar-refractivity contribution in [2.24, 2.45) is 5.10 Å².